The molecule has 6 nitrogen and oxygen atoms in total. The minimum atomic E-state index is 0.362. The smallest absolute Gasteiger partial charge is 0.160 e. The van der Waals surface area contributed by atoms with E-state index in [4.69, 9.17) is 4.42 Å². The van der Waals surface area contributed by atoms with Crippen LogP contribution >= 0.6 is 0 Å². The molecule has 0 N–H and O–H groups in total. The normalized spacial score (nSPS) is 11.5. The number of hydrogen-bond donors (Lipinski definition) is 0. The summed E-state index contributed by atoms with van der Waals surface area (Å²) in [5, 5.41) is 37.9. The van der Waals surface area contributed by atoms with Crippen LogP contribution in [0.15, 0.2) is 144 Å². The Labute approximate surface area is 291 Å². The molecule has 0 aliphatic heterocycles. The number of benzene rings is 7. The molecule has 234 valence electrons. The molecule has 0 unspecified atom stereocenters. The van der Waals surface area contributed by atoms with Gasteiger partial charge in [-0.25, -0.2) is 0 Å². The van der Waals surface area contributed by atoms with Gasteiger partial charge in [-0.3, -0.25) is 0 Å². The van der Waals surface area contributed by atoms with Gasteiger partial charge in [0.15, 0.2) is 5.58 Å². The molecule has 0 amide bonds. The molecule has 10 aromatic rings. The van der Waals surface area contributed by atoms with Crippen LogP contribution in [-0.4, -0.2) is 9.13 Å². The van der Waals surface area contributed by atoms with E-state index in [1.165, 1.54) is 0 Å². The van der Waals surface area contributed by atoms with E-state index in [9.17, 15) is 15.8 Å². The van der Waals surface area contributed by atoms with E-state index in [2.05, 4.69) is 65.2 Å². The summed E-state index contributed by atoms with van der Waals surface area (Å²) in [5.74, 6) is 0. The quantitative estimate of drug-likeness (QED) is 0.190. The lowest BCUT2D eigenvalue weighted by Crippen LogP contribution is -2.05. The maximum Gasteiger partial charge on any atom is 0.160 e. The highest BCUT2D eigenvalue weighted by Crippen LogP contribution is 2.44. The molecule has 10 rings (SSSR count). The largest absolute Gasteiger partial charge is 0.454 e. The van der Waals surface area contributed by atoms with Crippen molar-refractivity contribution < 1.29 is 4.42 Å². The lowest BCUT2D eigenvalue weighted by Gasteiger charge is -2.19. The number of nitrogens with zero attached hydrogens (tertiary/aromatic N) is 5. The van der Waals surface area contributed by atoms with Gasteiger partial charge in [-0.15, -0.1) is 0 Å². The molecule has 3 aromatic heterocycles. The Bertz CT molecular complexity index is 3190. The van der Waals surface area contributed by atoms with Crippen molar-refractivity contribution in [1.29, 1.82) is 15.8 Å². The molecule has 0 atom stereocenters. The Morgan fingerprint density at radius 2 is 1.06 bits per heavy atom. The zero-order valence-corrected chi connectivity index (χ0v) is 26.9. The second-order valence-electron chi connectivity index (χ2n) is 12.6. The van der Waals surface area contributed by atoms with E-state index in [0.29, 0.717) is 27.9 Å². The first kappa shape index (κ1) is 28.4. The molecule has 0 spiro atoms. The van der Waals surface area contributed by atoms with Crippen LogP contribution in [-0.2, 0) is 0 Å². The maximum absolute atomic E-state index is 11.1. The molecule has 51 heavy (non-hydrogen) atoms. The van der Waals surface area contributed by atoms with Gasteiger partial charge >= 0.3 is 0 Å². The second kappa shape index (κ2) is 10.7. The van der Waals surface area contributed by atoms with Crippen LogP contribution < -0.4 is 0 Å². The number of fused-ring (bicyclic) bond motifs is 10. The summed E-state index contributed by atoms with van der Waals surface area (Å²) < 4.78 is 10.8. The maximum atomic E-state index is 11.1. The predicted octanol–water partition coefficient (Wildman–Crippen LogP) is 11.1. The molecule has 0 fully saturated rings. The fraction of sp³-hybridized carbons (Fsp3) is 0. The van der Waals surface area contributed by atoms with Crippen molar-refractivity contribution >= 4 is 65.6 Å². The fourth-order valence-electron chi connectivity index (χ4n) is 7.91. The lowest BCUT2D eigenvalue weighted by atomic mass is 9.93. The van der Waals surface area contributed by atoms with E-state index < -0.39 is 0 Å². The highest BCUT2D eigenvalue weighted by atomic mass is 16.3. The predicted molar refractivity (Wildman–Crippen MR) is 202 cm³/mol. The molecule has 0 radical (unpaired) electrons. The topological polar surface area (TPSA) is 94.4 Å². The first-order valence-electron chi connectivity index (χ1n) is 16.5. The fourth-order valence-corrected chi connectivity index (χ4v) is 7.91. The van der Waals surface area contributed by atoms with Gasteiger partial charge in [0.25, 0.3) is 0 Å². The van der Waals surface area contributed by atoms with Gasteiger partial charge in [0.1, 0.15) is 17.7 Å². The van der Waals surface area contributed by atoms with E-state index in [0.717, 1.165) is 76.8 Å². The van der Waals surface area contributed by atoms with Crippen LogP contribution in [0.2, 0.25) is 0 Å². The SMILES string of the molecule is N#Cc1ccc(-c2ccc(C#N)c(-n3c4ccccc4c4ccccc43)c2C#N)c(-n2c3ccccc3c3ccc4c5ccccc5oc4c32)c1. The van der Waals surface area contributed by atoms with Crippen molar-refractivity contribution in [1.82, 2.24) is 9.13 Å². The van der Waals surface area contributed by atoms with Crippen LogP contribution in [0.4, 0.5) is 0 Å². The highest BCUT2D eigenvalue weighted by Gasteiger charge is 2.25. The summed E-state index contributed by atoms with van der Waals surface area (Å²) in [4.78, 5) is 0. The van der Waals surface area contributed by atoms with Crippen molar-refractivity contribution in [3.05, 3.63) is 156 Å². The molecule has 3 heterocycles. The number of nitriles is 3. The summed E-state index contributed by atoms with van der Waals surface area (Å²) in [5.41, 5.74) is 9.00. The molecule has 6 heteroatoms. The van der Waals surface area contributed by atoms with Crippen LogP contribution in [0, 0.1) is 34.0 Å². The molecule has 0 aliphatic rings. The molecule has 7 aromatic carbocycles. The second-order valence-corrected chi connectivity index (χ2v) is 12.6. The third kappa shape index (κ3) is 3.89. The van der Waals surface area contributed by atoms with E-state index in [1.807, 2.05) is 89.5 Å². The van der Waals surface area contributed by atoms with E-state index >= 15 is 0 Å². The highest BCUT2D eigenvalue weighted by molar-refractivity contribution is 6.21. The molecule has 0 saturated carbocycles. The third-order valence-corrected chi connectivity index (χ3v) is 10.1. The average Bonchev–Trinajstić information content (AvgIpc) is 3.85. The molecular weight excluding hydrogens is 627 g/mol. The van der Waals surface area contributed by atoms with Crippen LogP contribution in [0.1, 0.15) is 16.7 Å². The van der Waals surface area contributed by atoms with Gasteiger partial charge < -0.3 is 13.6 Å². The van der Waals surface area contributed by atoms with Gasteiger partial charge in [-0.2, -0.15) is 15.8 Å². The Morgan fingerprint density at radius 1 is 0.471 bits per heavy atom. The summed E-state index contributed by atoms with van der Waals surface area (Å²) in [7, 11) is 0. The van der Waals surface area contributed by atoms with Crippen LogP contribution in [0.5, 0.6) is 0 Å². The molecule has 0 aliphatic carbocycles. The number of furan rings is 1. The zero-order valence-electron chi connectivity index (χ0n) is 26.9. The van der Waals surface area contributed by atoms with Gasteiger partial charge in [-0.05, 0) is 48.5 Å². The van der Waals surface area contributed by atoms with Crippen molar-refractivity contribution in [2.75, 3.05) is 0 Å². The standard InChI is InChI=1S/C45H23N5O/c46-24-27-17-19-33(29-20-18-28(25-47)43(37(29)26-48)49-38-13-5-1-9-30(38)31-10-2-6-14-39(31)49)41(23-27)50-40-15-7-3-11-32(40)35-21-22-36-34-12-4-8-16-42(34)51-45(36)44(35)50/h1-23H. The zero-order chi connectivity index (χ0) is 34.2. The Hall–Kier alpha value is -7.59. The Morgan fingerprint density at radius 3 is 1.73 bits per heavy atom. The first-order valence-corrected chi connectivity index (χ1v) is 16.5. The van der Waals surface area contributed by atoms with Crippen molar-refractivity contribution in [3.63, 3.8) is 0 Å². The Balaban J connectivity index is 1.35. The van der Waals surface area contributed by atoms with Crippen LogP contribution in [0.25, 0.3) is 88.1 Å². The van der Waals surface area contributed by atoms with E-state index in [1.54, 1.807) is 12.1 Å². The average molecular weight is 650 g/mol. The molecule has 0 bridgehead atoms. The monoisotopic (exact) mass is 649 g/mol. The summed E-state index contributed by atoms with van der Waals surface area (Å²) >= 11 is 0. The van der Waals surface area contributed by atoms with Crippen molar-refractivity contribution in [3.8, 4) is 40.7 Å². The number of para-hydroxylation sites is 4. The first-order chi connectivity index (χ1) is 25.2. The third-order valence-electron chi connectivity index (χ3n) is 10.1. The summed E-state index contributed by atoms with van der Waals surface area (Å²) in [6.45, 7) is 0. The van der Waals surface area contributed by atoms with Crippen LogP contribution in [0.3, 0.4) is 0 Å². The van der Waals surface area contributed by atoms with Crippen molar-refractivity contribution in [2.45, 2.75) is 0 Å². The molecule has 0 saturated heterocycles. The minimum absolute atomic E-state index is 0.362. The summed E-state index contributed by atoms with van der Waals surface area (Å²) in [6, 6.07) is 53.0. The van der Waals surface area contributed by atoms with Gasteiger partial charge in [-0.1, -0.05) is 91.0 Å². The van der Waals surface area contributed by atoms with Crippen molar-refractivity contribution in [2.24, 2.45) is 0 Å². The van der Waals surface area contributed by atoms with E-state index in [-0.39, 0.29) is 0 Å². The number of hydrogen-bond acceptors (Lipinski definition) is 4. The number of rotatable bonds is 3. The number of aromatic nitrogens is 2. The summed E-state index contributed by atoms with van der Waals surface area (Å²) in [6.07, 6.45) is 0. The van der Waals surface area contributed by atoms with Gasteiger partial charge in [0, 0.05) is 43.4 Å². The van der Waals surface area contributed by atoms with Gasteiger partial charge in [0.05, 0.1) is 56.2 Å². The minimum Gasteiger partial charge on any atom is -0.454 e. The lowest BCUT2D eigenvalue weighted by molar-refractivity contribution is 0.671. The van der Waals surface area contributed by atoms with Gasteiger partial charge in [0.2, 0.25) is 0 Å². The molecular formula is C45H23N5O. The Kier molecular flexibility index (Phi) is 5.97.